The molecule has 1 atom stereocenters. The zero-order valence-electron chi connectivity index (χ0n) is 23.2. The number of para-hydroxylation sites is 2. The normalized spacial score (nSPS) is 11.6. The lowest BCUT2D eigenvalue weighted by atomic mass is 10.1. The lowest BCUT2D eigenvalue weighted by Gasteiger charge is -2.21. The highest BCUT2D eigenvalue weighted by Gasteiger charge is 2.25. The highest BCUT2D eigenvalue weighted by atomic mass is 32.2. The van der Waals surface area contributed by atoms with Crippen LogP contribution < -0.4 is 15.4 Å². The molecule has 1 heterocycles. The minimum atomic E-state index is -0.462. The van der Waals surface area contributed by atoms with Crippen molar-refractivity contribution in [1.82, 2.24) is 20.1 Å². The number of rotatable bonds is 11. The van der Waals surface area contributed by atoms with Crippen LogP contribution in [0.1, 0.15) is 35.5 Å². The number of aryl methyl sites for hydroxylation is 1. The van der Waals surface area contributed by atoms with Crippen molar-refractivity contribution in [2.24, 2.45) is 0 Å². The summed E-state index contributed by atoms with van der Waals surface area (Å²) >= 11 is 1.62. The molecule has 7 nitrogen and oxygen atoms in total. The Bertz CT molecular complexity index is 1560. The van der Waals surface area contributed by atoms with Gasteiger partial charge in [-0.3, -0.25) is 4.57 Å². The summed E-state index contributed by atoms with van der Waals surface area (Å²) in [6, 6.07) is 35.2. The number of amides is 2. The van der Waals surface area contributed by atoms with Gasteiger partial charge in [0.15, 0.2) is 11.0 Å². The number of aromatic nitrogens is 3. The van der Waals surface area contributed by atoms with Crippen molar-refractivity contribution in [1.29, 1.82) is 0 Å². The Morgan fingerprint density at radius 1 is 0.854 bits per heavy atom. The number of urea groups is 1. The van der Waals surface area contributed by atoms with Gasteiger partial charge in [-0.05, 0) is 49.2 Å². The van der Waals surface area contributed by atoms with E-state index in [0.717, 1.165) is 27.7 Å². The topological polar surface area (TPSA) is 81.1 Å². The lowest BCUT2D eigenvalue weighted by molar-refractivity contribution is 0.247. The molecule has 2 N–H and O–H groups in total. The standard InChI is InChI=1S/C33H33N5O2S/c1-3-40-30-17-11-10-16-28(30)34-32(39)35-29(22-25-12-6-4-7-13-25)31-36-37-33(41-23-26-14-8-5-9-15-26)38(31)27-20-18-24(2)19-21-27/h4-21,29H,3,22-23H2,1-2H3,(H2,34,35,39). The van der Waals surface area contributed by atoms with Crippen molar-refractivity contribution in [3.05, 3.63) is 132 Å². The zero-order chi connectivity index (χ0) is 28.4. The SMILES string of the molecule is CCOc1ccccc1NC(=O)NC(Cc1ccccc1)c1nnc(SCc2ccccc2)n1-c1ccc(C)cc1. The van der Waals surface area contributed by atoms with Crippen LogP contribution in [0.4, 0.5) is 10.5 Å². The van der Waals surface area contributed by atoms with Gasteiger partial charge in [-0.15, -0.1) is 10.2 Å². The number of anilines is 1. The highest BCUT2D eigenvalue weighted by molar-refractivity contribution is 7.98. The van der Waals surface area contributed by atoms with E-state index in [-0.39, 0.29) is 6.03 Å². The van der Waals surface area contributed by atoms with E-state index >= 15 is 0 Å². The van der Waals surface area contributed by atoms with Crippen LogP contribution in [0.5, 0.6) is 5.75 Å². The van der Waals surface area contributed by atoms with Crippen molar-refractivity contribution in [3.8, 4) is 11.4 Å². The third-order valence-electron chi connectivity index (χ3n) is 6.50. The number of benzene rings is 4. The van der Waals surface area contributed by atoms with Crippen molar-refractivity contribution >= 4 is 23.5 Å². The van der Waals surface area contributed by atoms with E-state index in [9.17, 15) is 4.79 Å². The fourth-order valence-corrected chi connectivity index (χ4v) is 5.40. The number of hydrogen-bond donors (Lipinski definition) is 2. The molecule has 4 aromatic carbocycles. The number of carbonyl (C=O) groups excluding carboxylic acids is 1. The van der Waals surface area contributed by atoms with Crippen LogP contribution in [0.2, 0.25) is 0 Å². The second-order valence-electron chi connectivity index (χ2n) is 9.56. The summed E-state index contributed by atoms with van der Waals surface area (Å²) in [5, 5.41) is 16.2. The van der Waals surface area contributed by atoms with E-state index in [4.69, 9.17) is 4.74 Å². The smallest absolute Gasteiger partial charge is 0.319 e. The maximum atomic E-state index is 13.4. The third kappa shape index (κ3) is 7.35. The minimum Gasteiger partial charge on any atom is -0.492 e. The van der Waals surface area contributed by atoms with E-state index in [1.165, 1.54) is 5.56 Å². The molecule has 1 unspecified atom stereocenters. The molecule has 0 aliphatic carbocycles. The Labute approximate surface area is 245 Å². The van der Waals surface area contributed by atoms with Gasteiger partial charge in [-0.2, -0.15) is 0 Å². The van der Waals surface area contributed by atoms with Crippen LogP contribution in [-0.4, -0.2) is 27.4 Å². The van der Waals surface area contributed by atoms with E-state index in [2.05, 4.69) is 80.9 Å². The average Bonchev–Trinajstić information content (AvgIpc) is 3.42. The van der Waals surface area contributed by atoms with Crippen molar-refractivity contribution in [2.45, 2.75) is 37.2 Å². The predicted octanol–water partition coefficient (Wildman–Crippen LogP) is 7.37. The number of nitrogens with one attached hydrogen (secondary N) is 2. The number of ether oxygens (including phenoxy) is 1. The number of carbonyl (C=O) groups is 1. The van der Waals surface area contributed by atoms with E-state index < -0.39 is 6.04 Å². The van der Waals surface area contributed by atoms with Gasteiger partial charge in [-0.1, -0.05) is 102 Å². The summed E-state index contributed by atoms with van der Waals surface area (Å²) in [6.07, 6.45) is 0.536. The number of nitrogens with zero attached hydrogens (tertiary/aromatic N) is 3. The molecule has 1 aromatic heterocycles. The molecule has 0 saturated carbocycles. The van der Waals surface area contributed by atoms with E-state index in [1.807, 2.05) is 67.6 Å². The molecule has 8 heteroatoms. The molecule has 0 fully saturated rings. The van der Waals surface area contributed by atoms with Gasteiger partial charge >= 0.3 is 6.03 Å². The Kier molecular flexibility index (Phi) is 9.34. The zero-order valence-corrected chi connectivity index (χ0v) is 24.0. The van der Waals surface area contributed by atoms with Gasteiger partial charge in [0, 0.05) is 17.9 Å². The first kappa shape index (κ1) is 28.0. The average molecular weight is 564 g/mol. The summed E-state index contributed by atoms with van der Waals surface area (Å²) in [5.41, 5.74) is 4.97. The third-order valence-corrected chi connectivity index (χ3v) is 7.50. The molecular weight excluding hydrogens is 530 g/mol. The summed E-state index contributed by atoms with van der Waals surface area (Å²) < 4.78 is 7.76. The summed E-state index contributed by atoms with van der Waals surface area (Å²) in [6.45, 7) is 4.48. The van der Waals surface area contributed by atoms with Crippen LogP contribution in [-0.2, 0) is 12.2 Å². The molecule has 0 spiro atoms. The van der Waals surface area contributed by atoms with E-state index in [1.54, 1.807) is 11.8 Å². The fraction of sp³-hybridized carbons (Fsp3) is 0.182. The van der Waals surface area contributed by atoms with Crippen molar-refractivity contribution in [2.75, 3.05) is 11.9 Å². The summed E-state index contributed by atoms with van der Waals surface area (Å²) in [4.78, 5) is 13.4. The van der Waals surface area contributed by atoms with Crippen molar-refractivity contribution in [3.63, 3.8) is 0 Å². The van der Waals surface area contributed by atoms with Gasteiger partial charge in [-0.25, -0.2) is 4.79 Å². The molecule has 0 aliphatic heterocycles. The monoisotopic (exact) mass is 563 g/mol. The summed E-state index contributed by atoms with van der Waals surface area (Å²) in [7, 11) is 0. The maximum Gasteiger partial charge on any atom is 0.319 e. The van der Waals surface area contributed by atoms with Gasteiger partial charge < -0.3 is 15.4 Å². The first-order valence-electron chi connectivity index (χ1n) is 13.6. The van der Waals surface area contributed by atoms with Gasteiger partial charge in [0.2, 0.25) is 0 Å². The lowest BCUT2D eigenvalue weighted by Crippen LogP contribution is -2.35. The Morgan fingerprint density at radius 3 is 2.22 bits per heavy atom. The first-order valence-corrected chi connectivity index (χ1v) is 14.6. The molecule has 5 rings (SSSR count). The Balaban J connectivity index is 1.49. The predicted molar refractivity (Wildman–Crippen MR) is 165 cm³/mol. The molecule has 0 bridgehead atoms. The molecule has 208 valence electrons. The van der Waals surface area contributed by atoms with Crippen LogP contribution in [0.3, 0.4) is 0 Å². The Hall–Kier alpha value is -4.56. The van der Waals surface area contributed by atoms with Gasteiger partial charge in [0.25, 0.3) is 0 Å². The summed E-state index contributed by atoms with van der Waals surface area (Å²) in [5.74, 6) is 2.02. The highest BCUT2D eigenvalue weighted by Crippen LogP contribution is 2.30. The molecule has 2 amide bonds. The molecule has 0 saturated heterocycles. The molecular formula is C33H33N5O2S. The number of thioether (sulfide) groups is 1. The van der Waals surface area contributed by atoms with Crippen LogP contribution in [0.15, 0.2) is 114 Å². The molecule has 0 radical (unpaired) electrons. The van der Waals surface area contributed by atoms with Crippen molar-refractivity contribution < 1.29 is 9.53 Å². The van der Waals surface area contributed by atoms with Crippen LogP contribution >= 0.6 is 11.8 Å². The van der Waals surface area contributed by atoms with Gasteiger partial charge in [0.1, 0.15) is 5.75 Å². The molecule has 41 heavy (non-hydrogen) atoms. The quantitative estimate of drug-likeness (QED) is 0.164. The van der Waals surface area contributed by atoms with Crippen LogP contribution in [0, 0.1) is 6.92 Å². The molecule has 0 aliphatic rings. The maximum absolute atomic E-state index is 13.4. The first-order chi connectivity index (χ1) is 20.1. The van der Waals surface area contributed by atoms with Gasteiger partial charge in [0.05, 0.1) is 18.3 Å². The second-order valence-corrected chi connectivity index (χ2v) is 10.5. The Morgan fingerprint density at radius 2 is 1.51 bits per heavy atom. The van der Waals surface area contributed by atoms with Crippen LogP contribution in [0.25, 0.3) is 5.69 Å². The second kappa shape index (κ2) is 13.7. The van der Waals surface area contributed by atoms with E-state index in [0.29, 0.717) is 30.3 Å². The largest absolute Gasteiger partial charge is 0.492 e. The number of hydrogen-bond acceptors (Lipinski definition) is 5. The molecule has 5 aromatic rings. The fourth-order valence-electron chi connectivity index (χ4n) is 4.48. The minimum absolute atomic E-state index is 0.352.